The average Bonchev–Trinajstić information content (AvgIpc) is 3.71. The molecule has 4 N–H and O–H groups in total. The minimum absolute atomic E-state index is 0.0119. The van der Waals surface area contributed by atoms with Crippen LogP contribution >= 0.6 is 22.7 Å². The van der Waals surface area contributed by atoms with Gasteiger partial charge >= 0.3 is 12.1 Å². The summed E-state index contributed by atoms with van der Waals surface area (Å²) in [5.41, 5.74) is -1.04. The van der Waals surface area contributed by atoms with Crippen LogP contribution in [0.2, 0.25) is 0 Å². The molecule has 20 heteroatoms. The molecule has 3 aromatic rings. The number of anilines is 2. The Bertz CT molecular complexity index is 2610. The van der Waals surface area contributed by atoms with Crippen molar-refractivity contribution in [1.29, 1.82) is 0 Å². The van der Waals surface area contributed by atoms with Gasteiger partial charge in [-0.3, -0.25) is 14.9 Å². The van der Waals surface area contributed by atoms with Crippen molar-refractivity contribution in [2.24, 2.45) is 11.8 Å². The van der Waals surface area contributed by atoms with E-state index in [0.717, 1.165) is 84.8 Å². The van der Waals surface area contributed by atoms with Gasteiger partial charge < -0.3 is 44.5 Å². The Morgan fingerprint density at radius 2 is 1.90 bits per heavy atom. The van der Waals surface area contributed by atoms with E-state index in [0.29, 0.717) is 24.4 Å². The molecule has 1 saturated heterocycles. The van der Waals surface area contributed by atoms with E-state index < -0.39 is 57.3 Å². The molecule has 398 valence electrons. The number of unbranched alkanes of at least 4 members (excludes halogenated alkanes) is 3. The molecular weight excluding hydrogens is 991 g/mol. The van der Waals surface area contributed by atoms with Crippen molar-refractivity contribution >= 4 is 67.2 Å². The number of thiophene rings is 1. The van der Waals surface area contributed by atoms with Gasteiger partial charge in [0.1, 0.15) is 39.5 Å². The van der Waals surface area contributed by atoms with Crippen molar-refractivity contribution < 1.29 is 46.9 Å². The Hall–Kier alpha value is -5.17. The zero-order valence-corrected chi connectivity index (χ0v) is 45.6. The van der Waals surface area contributed by atoms with Crippen LogP contribution in [0.3, 0.4) is 0 Å². The number of fused-ring (bicyclic) bond motifs is 1. The number of carboxylic acid groups (broad SMARTS) is 1. The summed E-state index contributed by atoms with van der Waals surface area (Å²) in [4.78, 5) is 50.6. The summed E-state index contributed by atoms with van der Waals surface area (Å²) in [6.45, 7) is 5.63. The number of nitrogens with one attached hydrogen (secondary N) is 3. The number of ether oxygens (including phenoxy) is 4. The van der Waals surface area contributed by atoms with E-state index in [9.17, 15) is 27.9 Å². The van der Waals surface area contributed by atoms with E-state index in [1.165, 1.54) is 29.8 Å². The third-order valence-electron chi connectivity index (χ3n) is 14.5. The second-order valence-electron chi connectivity index (χ2n) is 20.4. The number of aromatic nitrogens is 1. The standard InChI is InChI=1S/C53H73N7O10S3/c1-9-10-11-12-13-17-21-38-28-53(38,48(62)63)55-33-52(35-67-7)32-51(4,70-44-27-43(41-31-72-49(57-41)56-36(2)3)59(6)42-26-39(68-8)23-24-40(42)44)34-60(52)46(61)29-54-50(64)69-45(37-19-15-14-16-20-37)30-58(5)73(65,66)47-22-18-25-71-47/h1,17-18,21-27,31,36-38,43,45,55H,10-16,19-20,28-30,32-35H2,2-8H3,(H,54,64)(H,56,57)(H,62,63)/b21-17-/t38?,43?,45?,51-,52?,53+/m0/s1. The van der Waals surface area contributed by atoms with Gasteiger partial charge in [-0.1, -0.05) is 37.5 Å². The lowest BCUT2D eigenvalue weighted by molar-refractivity contribution is -0.141. The van der Waals surface area contributed by atoms with Crippen molar-refractivity contribution in [2.75, 3.05) is 71.3 Å². The number of carboxylic acids is 1. The van der Waals surface area contributed by atoms with Crippen LogP contribution in [0.1, 0.15) is 109 Å². The number of carbonyl (C=O) groups is 3. The number of nitrogens with zero attached hydrogens (tertiary/aromatic N) is 4. The molecule has 2 aliphatic heterocycles. The van der Waals surface area contributed by atoms with Crippen LogP contribution in [0.15, 0.2) is 63.5 Å². The van der Waals surface area contributed by atoms with Crippen molar-refractivity contribution in [3.8, 4) is 18.1 Å². The van der Waals surface area contributed by atoms with E-state index in [1.54, 1.807) is 29.5 Å². The van der Waals surface area contributed by atoms with Gasteiger partial charge in [-0.2, -0.15) is 4.31 Å². The number of hydrogen-bond donors (Lipinski definition) is 4. The SMILES string of the molecule is C#CCCCC/C=C\C1C[C@]1(NCC1(COC)C[C@](C)(OC2=CC(c3csc(NC(C)C)n3)N(C)c3cc(OC)ccc32)CN1C(=O)CNC(=O)OC(CN(C)S(=O)(=O)c1cccs1)C1CCCCC1)C(=O)O. The molecule has 4 heterocycles. The van der Waals surface area contributed by atoms with Crippen LogP contribution < -0.4 is 25.6 Å². The minimum atomic E-state index is -3.83. The van der Waals surface area contributed by atoms with E-state index >= 15 is 0 Å². The molecule has 0 radical (unpaired) electrons. The fraction of sp³-hybridized carbons (Fsp3) is 0.585. The molecular formula is C53H73N7O10S3. The Morgan fingerprint density at radius 1 is 1.12 bits per heavy atom. The number of sulfonamides is 1. The number of rotatable bonds is 25. The number of hydrogen-bond acceptors (Lipinski definition) is 15. The van der Waals surface area contributed by atoms with Gasteiger partial charge in [0.05, 0.1) is 49.8 Å². The summed E-state index contributed by atoms with van der Waals surface area (Å²) < 4.78 is 53.3. The number of carbonyl (C=O) groups excluding carboxylic acids is 2. The maximum absolute atomic E-state index is 14.9. The fourth-order valence-electron chi connectivity index (χ4n) is 10.6. The van der Waals surface area contributed by atoms with Gasteiger partial charge in [0.2, 0.25) is 5.91 Å². The Kier molecular flexibility index (Phi) is 18.3. The lowest BCUT2D eigenvalue weighted by Gasteiger charge is -2.39. The summed E-state index contributed by atoms with van der Waals surface area (Å²) >= 11 is 2.64. The van der Waals surface area contributed by atoms with Crippen molar-refractivity contribution in [1.82, 2.24) is 24.8 Å². The van der Waals surface area contributed by atoms with E-state index in [4.69, 9.17) is 30.4 Å². The number of likely N-dealkylation sites (tertiary alicyclic amines) is 1. The van der Waals surface area contributed by atoms with Crippen molar-refractivity contribution in [2.45, 2.75) is 130 Å². The molecule has 0 spiro atoms. The van der Waals surface area contributed by atoms with Crippen LogP contribution in [0.4, 0.5) is 15.6 Å². The quantitative estimate of drug-likeness (QED) is 0.0360. The maximum Gasteiger partial charge on any atom is 0.407 e. The Morgan fingerprint density at radius 3 is 2.59 bits per heavy atom. The Labute approximate surface area is 439 Å². The highest BCUT2D eigenvalue weighted by Gasteiger charge is 2.62. The fourth-order valence-corrected chi connectivity index (χ4v) is 13.9. The summed E-state index contributed by atoms with van der Waals surface area (Å²) in [6, 6.07) is 8.85. The van der Waals surface area contributed by atoms with Crippen LogP contribution in [-0.4, -0.2) is 136 Å². The molecule has 17 nitrogen and oxygen atoms in total. The number of benzene rings is 1. The molecule has 0 bridgehead atoms. The molecule has 4 aliphatic rings. The van der Waals surface area contributed by atoms with E-state index in [1.807, 2.05) is 55.8 Å². The van der Waals surface area contributed by atoms with Crippen LogP contribution in [0.5, 0.6) is 5.75 Å². The highest BCUT2D eigenvalue weighted by atomic mass is 32.2. The summed E-state index contributed by atoms with van der Waals surface area (Å²) in [5.74, 6) is 2.08. The van der Waals surface area contributed by atoms with Gasteiger partial charge in [0.25, 0.3) is 10.0 Å². The number of thiazole rings is 1. The van der Waals surface area contributed by atoms with Gasteiger partial charge in [0.15, 0.2) is 5.13 Å². The lowest BCUT2D eigenvalue weighted by atomic mass is 9.85. The normalized spacial score (nSPS) is 24.5. The van der Waals surface area contributed by atoms with Gasteiger partial charge in [-0.15, -0.1) is 35.0 Å². The van der Waals surface area contributed by atoms with Crippen LogP contribution in [0.25, 0.3) is 5.76 Å². The Balaban J connectivity index is 1.16. The average molecular weight is 1060 g/mol. The molecule has 2 aliphatic carbocycles. The first-order valence-corrected chi connectivity index (χ1v) is 28.4. The molecule has 2 saturated carbocycles. The molecule has 7 rings (SSSR count). The number of aliphatic carboxylic acids is 1. The first kappa shape index (κ1) is 55.6. The molecule has 2 aromatic heterocycles. The topological polar surface area (TPSA) is 201 Å². The smallest absolute Gasteiger partial charge is 0.407 e. The number of terminal acetylenes is 1. The number of likely N-dealkylation sites (N-methyl/N-ethyl adjacent to an activating group) is 2. The number of amides is 2. The molecule has 1 aromatic carbocycles. The number of alkyl carbamates (subject to hydrolysis) is 1. The summed E-state index contributed by atoms with van der Waals surface area (Å²) in [5, 5.41) is 24.7. The molecule has 2 amide bonds. The third-order valence-corrected chi connectivity index (χ3v) is 18.5. The molecule has 6 atom stereocenters. The van der Waals surface area contributed by atoms with Gasteiger partial charge in [-0.25, -0.2) is 18.2 Å². The second-order valence-corrected chi connectivity index (χ2v) is 24.5. The highest BCUT2D eigenvalue weighted by molar-refractivity contribution is 7.91. The second kappa shape index (κ2) is 24.0. The summed E-state index contributed by atoms with van der Waals surface area (Å²) in [7, 11) is 2.81. The third kappa shape index (κ3) is 13.0. The number of methoxy groups -OCH3 is 2. The molecule has 4 unspecified atom stereocenters. The first-order chi connectivity index (χ1) is 34.9. The van der Waals surface area contributed by atoms with Gasteiger partial charge in [0, 0.05) is 69.6 Å². The van der Waals surface area contributed by atoms with Crippen molar-refractivity contribution in [3.05, 3.63) is 70.6 Å². The molecule has 73 heavy (non-hydrogen) atoms. The van der Waals surface area contributed by atoms with E-state index in [-0.39, 0.29) is 60.8 Å². The molecule has 3 fully saturated rings. The largest absolute Gasteiger partial charge is 0.497 e. The highest BCUT2D eigenvalue weighted by Crippen LogP contribution is 2.49. The van der Waals surface area contributed by atoms with Crippen molar-refractivity contribution in [3.63, 3.8) is 0 Å². The van der Waals surface area contributed by atoms with E-state index in [2.05, 4.69) is 40.6 Å². The van der Waals surface area contributed by atoms with Crippen LogP contribution in [0, 0.1) is 24.2 Å². The van der Waals surface area contributed by atoms with Crippen LogP contribution in [-0.2, 0) is 33.8 Å². The zero-order valence-electron chi connectivity index (χ0n) is 43.2. The zero-order chi connectivity index (χ0) is 52.6. The number of allylic oxidation sites excluding steroid dienone is 1. The maximum atomic E-state index is 14.9. The lowest BCUT2D eigenvalue weighted by Crippen LogP contribution is -2.60. The minimum Gasteiger partial charge on any atom is -0.497 e. The predicted molar refractivity (Wildman–Crippen MR) is 285 cm³/mol. The summed E-state index contributed by atoms with van der Waals surface area (Å²) in [6.07, 6.45) is 18.1. The first-order valence-electron chi connectivity index (χ1n) is 25.2. The predicted octanol–water partition coefficient (Wildman–Crippen LogP) is 8.14. The van der Waals surface area contributed by atoms with Gasteiger partial charge in [-0.05, 0) is 94.9 Å². The monoisotopic (exact) mass is 1060 g/mol.